The Morgan fingerprint density at radius 2 is 2.23 bits per heavy atom. The van der Waals surface area contributed by atoms with Crippen molar-refractivity contribution < 1.29 is 13.9 Å². The molecule has 1 heterocycles. The molecule has 1 amide bonds. The van der Waals surface area contributed by atoms with E-state index in [1.54, 1.807) is 6.07 Å². The second-order valence-corrected chi connectivity index (χ2v) is 6.16. The molecule has 0 aliphatic rings. The molecule has 2 N–H and O–H groups in total. The average Bonchev–Trinajstić information content (AvgIpc) is 2.72. The molecule has 0 saturated carbocycles. The smallest absolute Gasteiger partial charge is 0.404 e. The molecule has 0 spiro atoms. The molecule has 2 aromatic rings. The number of primary amides is 1. The maximum atomic E-state index is 13.3. The van der Waals surface area contributed by atoms with Crippen molar-refractivity contribution in [3.05, 3.63) is 41.6 Å². The van der Waals surface area contributed by atoms with Crippen LogP contribution in [-0.2, 0) is 18.4 Å². The van der Waals surface area contributed by atoms with E-state index in [9.17, 15) is 9.18 Å². The van der Waals surface area contributed by atoms with Crippen LogP contribution >= 0.6 is 11.8 Å². The van der Waals surface area contributed by atoms with Crippen molar-refractivity contribution in [3.63, 3.8) is 0 Å². The van der Waals surface area contributed by atoms with Gasteiger partial charge in [0.1, 0.15) is 16.7 Å². The molecule has 22 heavy (non-hydrogen) atoms. The van der Waals surface area contributed by atoms with E-state index in [0.29, 0.717) is 5.82 Å². The Kier molecular flexibility index (Phi) is 5.07. The van der Waals surface area contributed by atoms with Crippen LogP contribution in [-0.4, -0.2) is 15.6 Å². The molecular weight excluding hydrogens is 305 g/mol. The van der Waals surface area contributed by atoms with E-state index in [1.807, 2.05) is 31.5 Å². The molecule has 0 atom stereocenters. The molecule has 0 aliphatic carbocycles. The Bertz CT molecular complexity index is 685. The number of hydrogen-bond donors (Lipinski definition) is 1. The van der Waals surface area contributed by atoms with Crippen LogP contribution in [0.2, 0.25) is 0 Å². The average molecular weight is 323 g/mol. The molecule has 1 aromatic carbocycles. The lowest BCUT2D eigenvalue weighted by atomic mass is 10.1. The quantitative estimate of drug-likeness (QED) is 0.915. The first-order valence-corrected chi connectivity index (χ1v) is 7.61. The monoisotopic (exact) mass is 323 g/mol. The lowest BCUT2D eigenvalue weighted by Crippen LogP contribution is -2.14. The number of nitrogens with two attached hydrogens (primary N) is 1. The van der Waals surface area contributed by atoms with Gasteiger partial charge in [0.2, 0.25) is 0 Å². The van der Waals surface area contributed by atoms with Crippen molar-refractivity contribution in [2.24, 2.45) is 12.8 Å². The number of rotatable bonds is 5. The Balaban J connectivity index is 2.33. The third kappa shape index (κ3) is 3.79. The normalized spacial score (nSPS) is 11.0. The molecule has 1 aromatic heterocycles. The largest absolute Gasteiger partial charge is 0.442 e. The van der Waals surface area contributed by atoms with Gasteiger partial charge in [-0.3, -0.25) is 0 Å². The molecule has 0 radical (unpaired) electrons. The van der Waals surface area contributed by atoms with Gasteiger partial charge in [0, 0.05) is 11.9 Å². The minimum atomic E-state index is -0.839. The molecule has 0 saturated heterocycles. The Morgan fingerprint density at radius 3 is 2.82 bits per heavy atom. The van der Waals surface area contributed by atoms with Crippen molar-refractivity contribution in [2.75, 3.05) is 0 Å². The number of benzene rings is 1. The number of ether oxygens (including phenoxy) is 1. The van der Waals surface area contributed by atoms with Crippen molar-refractivity contribution in [1.29, 1.82) is 0 Å². The van der Waals surface area contributed by atoms with Crippen LogP contribution < -0.4 is 5.73 Å². The third-order valence-corrected chi connectivity index (χ3v) is 4.08. The summed E-state index contributed by atoms with van der Waals surface area (Å²) in [4.78, 5) is 16.0. The molecule has 0 unspecified atom stereocenters. The predicted molar refractivity (Wildman–Crippen MR) is 82.2 cm³/mol. The molecule has 2 rings (SSSR count). The summed E-state index contributed by atoms with van der Waals surface area (Å²) in [5.41, 5.74) is 5.99. The fourth-order valence-electron chi connectivity index (χ4n) is 2.15. The summed E-state index contributed by atoms with van der Waals surface area (Å²) >= 11 is 1.38. The zero-order valence-electron chi connectivity index (χ0n) is 12.7. The number of imidazole rings is 1. The number of carbonyl (C=O) groups is 1. The standard InChI is InChI=1S/C15H18FN3O2S/c1-9(2)13-14(22-11-6-4-5-10(16)7-11)18-12(19(13)3)8-21-15(17)20/h4-7,9H,8H2,1-3H3,(H2,17,20). The maximum Gasteiger partial charge on any atom is 0.404 e. The first-order chi connectivity index (χ1) is 10.4. The first kappa shape index (κ1) is 16.4. The minimum Gasteiger partial charge on any atom is -0.442 e. The zero-order valence-corrected chi connectivity index (χ0v) is 13.5. The minimum absolute atomic E-state index is 0.00919. The lowest BCUT2D eigenvalue weighted by molar-refractivity contribution is 0.146. The molecular formula is C15H18FN3O2S. The van der Waals surface area contributed by atoms with Gasteiger partial charge in [-0.25, -0.2) is 14.2 Å². The number of aromatic nitrogens is 2. The Morgan fingerprint density at radius 1 is 1.50 bits per heavy atom. The highest BCUT2D eigenvalue weighted by molar-refractivity contribution is 7.99. The van der Waals surface area contributed by atoms with E-state index < -0.39 is 6.09 Å². The Hall–Kier alpha value is -2.02. The summed E-state index contributed by atoms with van der Waals surface area (Å²) < 4.78 is 20.0. The van der Waals surface area contributed by atoms with Gasteiger partial charge in [-0.1, -0.05) is 31.7 Å². The fourth-order valence-corrected chi connectivity index (χ4v) is 3.32. The maximum absolute atomic E-state index is 13.3. The van der Waals surface area contributed by atoms with Gasteiger partial charge >= 0.3 is 6.09 Å². The lowest BCUT2D eigenvalue weighted by Gasteiger charge is -2.10. The Labute approximate surface area is 132 Å². The summed E-state index contributed by atoms with van der Waals surface area (Å²) in [5, 5.41) is 0.770. The van der Waals surface area contributed by atoms with E-state index in [2.05, 4.69) is 4.98 Å². The molecule has 0 fully saturated rings. The van der Waals surface area contributed by atoms with E-state index in [-0.39, 0.29) is 18.3 Å². The van der Waals surface area contributed by atoms with Crippen LogP contribution in [0.1, 0.15) is 31.3 Å². The van der Waals surface area contributed by atoms with E-state index >= 15 is 0 Å². The molecule has 118 valence electrons. The number of carbonyl (C=O) groups excluding carboxylic acids is 1. The second-order valence-electron chi connectivity index (χ2n) is 5.10. The number of hydrogen-bond acceptors (Lipinski definition) is 4. The van der Waals surface area contributed by atoms with E-state index in [4.69, 9.17) is 10.5 Å². The van der Waals surface area contributed by atoms with Crippen molar-refractivity contribution >= 4 is 17.9 Å². The summed E-state index contributed by atoms with van der Waals surface area (Å²) in [5.74, 6) is 0.529. The summed E-state index contributed by atoms with van der Waals surface area (Å²) in [6.45, 7) is 4.10. The topological polar surface area (TPSA) is 70.1 Å². The van der Waals surface area contributed by atoms with Gasteiger partial charge < -0.3 is 15.0 Å². The van der Waals surface area contributed by atoms with Gasteiger partial charge in [-0.15, -0.1) is 0 Å². The van der Waals surface area contributed by atoms with Crippen LogP contribution in [0.3, 0.4) is 0 Å². The zero-order chi connectivity index (χ0) is 16.3. The first-order valence-electron chi connectivity index (χ1n) is 6.79. The third-order valence-electron chi connectivity index (χ3n) is 3.10. The number of amides is 1. The molecule has 5 nitrogen and oxygen atoms in total. The van der Waals surface area contributed by atoms with Crippen LogP contribution in [0.5, 0.6) is 0 Å². The molecule has 0 bridgehead atoms. The highest BCUT2D eigenvalue weighted by atomic mass is 32.2. The highest BCUT2D eigenvalue weighted by Gasteiger charge is 2.19. The second kappa shape index (κ2) is 6.83. The fraction of sp³-hybridized carbons (Fsp3) is 0.333. The van der Waals surface area contributed by atoms with Crippen molar-refractivity contribution in [1.82, 2.24) is 9.55 Å². The van der Waals surface area contributed by atoms with Crippen LogP contribution in [0.4, 0.5) is 9.18 Å². The van der Waals surface area contributed by atoms with Crippen molar-refractivity contribution in [3.8, 4) is 0 Å². The van der Waals surface area contributed by atoms with Gasteiger partial charge in [0.05, 0.1) is 5.69 Å². The van der Waals surface area contributed by atoms with E-state index in [1.165, 1.54) is 23.9 Å². The molecule has 0 aliphatic heterocycles. The predicted octanol–water partition coefficient (Wildman–Crippen LogP) is 3.43. The van der Waals surface area contributed by atoms with E-state index in [0.717, 1.165) is 15.6 Å². The van der Waals surface area contributed by atoms with Crippen LogP contribution in [0, 0.1) is 5.82 Å². The number of nitrogens with zero attached hydrogens (tertiary/aromatic N) is 2. The van der Waals surface area contributed by atoms with Crippen LogP contribution in [0.15, 0.2) is 34.2 Å². The van der Waals surface area contributed by atoms with Gasteiger partial charge in [0.15, 0.2) is 6.61 Å². The highest BCUT2D eigenvalue weighted by Crippen LogP contribution is 2.34. The van der Waals surface area contributed by atoms with Gasteiger partial charge in [-0.05, 0) is 24.1 Å². The summed E-state index contributed by atoms with van der Waals surface area (Å²) in [6.07, 6.45) is -0.839. The van der Waals surface area contributed by atoms with Gasteiger partial charge in [0.25, 0.3) is 0 Å². The molecule has 7 heteroatoms. The number of halogens is 1. The van der Waals surface area contributed by atoms with Crippen molar-refractivity contribution in [2.45, 2.75) is 36.3 Å². The summed E-state index contributed by atoms with van der Waals surface area (Å²) in [7, 11) is 1.86. The summed E-state index contributed by atoms with van der Waals surface area (Å²) in [6, 6.07) is 6.35. The SMILES string of the molecule is CC(C)c1c(Sc2cccc(F)c2)nc(COC(N)=O)n1C. The van der Waals surface area contributed by atoms with Gasteiger partial charge in [-0.2, -0.15) is 0 Å². The van der Waals surface area contributed by atoms with Crippen LogP contribution in [0.25, 0.3) is 0 Å².